The second-order valence-electron chi connectivity index (χ2n) is 4.72. The molecular formula is C17H16N2O2. The van der Waals surface area contributed by atoms with E-state index in [1.807, 2.05) is 32.0 Å². The molecule has 0 radical (unpaired) electrons. The first kappa shape index (κ1) is 14.8. The summed E-state index contributed by atoms with van der Waals surface area (Å²) in [6.07, 6.45) is 1.57. The van der Waals surface area contributed by atoms with Gasteiger partial charge in [0.1, 0.15) is 12.4 Å². The number of aryl methyl sites for hydroxylation is 2. The Hall–Kier alpha value is -2.64. The molecule has 0 saturated carbocycles. The number of nitrogens with zero attached hydrogens (tertiary/aromatic N) is 1. The van der Waals surface area contributed by atoms with Crippen LogP contribution in [0.2, 0.25) is 0 Å². The minimum absolute atomic E-state index is 0.202. The molecule has 0 atom stereocenters. The average Bonchev–Trinajstić information content (AvgIpc) is 2.44. The van der Waals surface area contributed by atoms with Crippen molar-refractivity contribution >= 4 is 11.7 Å². The SMILES string of the molecule is Cc1cc(C)cc(C(=O)Nc2cc(C#CCO)ccn2)c1. The summed E-state index contributed by atoms with van der Waals surface area (Å²) in [5.74, 6) is 5.56. The summed E-state index contributed by atoms with van der Waals surface area (Å²) < 4.78 is 0. The molecule has 1 heterocycles. The van der Waals surface area contributed by atoms with Crippen LogP contribution in [-0.4, -0.2) is 22.6 Å². The quantitative estimate of drug-likeness (QED) is 0.830. The van der Waals surface area contributed by atoms with Gasteiger partial charge in [-0.05, 0) is 38.1 Å². The van der Waals surface area contributed by atoms with Gasteiger partial charge >= 0.3 is 0 Å². The van der Waals surface area contributed by atoms with Crippen molar-refractivity contribution < 1.29 is 9.90 Å². The normalized spacial score (nSPS) is 9.67. The molecule has 2 rings (SSSR count). The number of benzene rings is 1. The monoisotopic (exact) mass is 280 g/mol. The Labute approximate surface area is 123 Å². The molecular weight excluding hydrogens is 264 g/mol. The second kappa shape index (κ2) is 6.69. The van der Waals surface area contributed by atoms with Crippen LogP contribution in [-0.2, 0) is 0 Å². The maximum atomic E-state index is 12.2. The Morgan fingerprint density at radius 1 is 1.24 bits per heavy atom. The van der Waals surface area contributed by atoms with Gasteiger partial charge in [0.05, 0.1) is 0 Å². The lowest BCUT2D eigenvalue weighted by Gasteiger charge is -2.06. The Morgan fingerprint density at radius 3 is 2.62 bits per heavy atom. The summed E-state index contributed by atoms with van der Waals surface area (Å²) in [5, 5.41) is 11.4. The summed E-state index contributed by atoms with van der Waals surface area (Å²) in [5.41, 5.74) is 3.36. The van der Waals surface area contributed by atoms with Crippen molar-refractivity contribution in [2.24, 2.45) is 0 Å². The number of hydrogen-bond donors (Lipinski definition) is 2. The van der Waals surface area contributed by atoms with Gasteiger partial charge in [-0.15, -0.1) is 0 Å². The molecule has 0 bridgehead atoms. The van der Waals surface area contributed by atoms with Crippen LogP contribution in [0, 0.1) is 25.7 Å². The molecule has 0 aliphatic rings. The van der Waals surface area contributed by atoms with Crippen molar-refractivity contribution in [1.82, 2.24) is 4.98 Å². The number of rotatable bonds is 2. The zero-order chi connectivity index (χ0) is 15.2. The Morgan fingerprint density at radius 2 is 1.95 bits per heavy atom. The summed E-state index contributed by atoms with van der Waals surface area (Å²) in [7, 11) is 0. The molecule has 1 aromatic carbocycles. The maximum absolute atomic E-state index is 12.2. The zero-order valence-corrected chi connectivity index (χ0v) is 12.0. The van der Waals surface area contributed by atoms with Crippen LogP contribution in [0.25, 0.3) is 0 Å². The summed E-state index contributed by atoms with van der Waals surface area (Å²) >= 11 is 0. The molecule has 106 valence electrons. The Kier molecular flexibility index (Phi) is 4.70. The molecule has 2 N–H and O–H groups in total. The highest BCUT2D eigenvalue weighted by molar-refractivity contribution is 6.04. The fourth-order valence-corrected chi connectivity index (χ4v) is 2.01. The lowest BCUT2D eigenvalue weighted by atomic mass is 10.1. The van der Waals surface area contributed by atoms with Gasteiger partial charge in [0.2, 0.25) is 0 Å². The van der Waals surface area contributed by atoms with Crippen LogP contribution in [0.5, 0.6) is 0 Å². The third-order valence-electron chi connectivity index (χ3n) is 2.80. The first-order chi connectivity index (χ1) is 10.1. The van der Waals surface area contributed by atoms with Crippen molar-refractivity contribution in [3.63, 3.8) is 0 Å². The lowest BCUT2D eigenvalue weighted by molar-refractivity contribution is 0.102. The molecule has 1 amide bonds. The van der Waals surface area contributed by atoms with Crippen LogP contribution >= 0.6 is 0 Å². The van der Waals surface area contributed by atoms with Crippen LogP contribution in [0.1, 0.15) is 27.0 Å². The highest BCUT2D eigenvalue weighted by Crippen LogP contribution is 2.12. The van der Waals surface area contributed by atoms with E-state index in [1.54, 1.807) is 18.3 Å². The molecule has 2 aromatic rings. The van der Waals surface area contributed by atoms with E-state index in [4.69, 9.17) is 5.11 Å². The van der Waals surface area contributed by atoms with Gasteiger partial charge in [-0.1, -0.05) is 29.0 Å². The number of carbonyl (C=O) groups excluding carboxylic acids is 1. The second-order valence-corrected chi connectivity index (χ2v) is 4.72. The van der Waals surface area contributed by atoms with Crippen molar-refractivity contribution in [2.75, 3.05) is 11.9 Å². The van der Waals surface area contributed by atoms with Gasteiger partial charge in [-0.3, -0.25) is 4.79 Å². The van der Waals surface area contributed by atoms with Gasteiger partial charge in [0.25, 0.3) is 5.91 Å². The predicted molar refractivity (Wildman–Crippen MR) is 82.1 cm³/mol. The van der Waals surface area contributed by atoms with E-state index in [9.17, 15) is 4.79 Å². The topological polar surface area (TPSA) is 62.2 Å². The Balaban J connectivity index is 2.19. The number of amides is 1. The van der Waals surface area contributed by atoms with E-state index < -0.39 is 0 Å². The third-order valence-corrected chi connectivity index (χ3v) is 2.80. The number of aliphatic hydroxyl groups is 1. The number of aliphatic hydroxyl groups excluding tert-OH is 1. The molecule has 1 aromatic heterocycles. The van der Waals surface area contributed by atoms with E-state index in [0.717, 1.165) is 11.1 Å². The average molecular weight is 280 g/mol. The molecule has 21 heavy (non-hydrogen) atoms. The first-order valence-corrected chi connectivity index (χ1v) is 6.54. The number of nitrogens with one attached hydrogen (secondary N) is 1. The minimum Gasteiger partial charge on any atom is -0.384 e. The summed E-state index contributed by atoms with van der Waals surface area (Å²) in [4.78, 5) is 16.3. The Bertz CT molecular complexity index is 707. The molecule has 0 aliphatic carbocycles. The van der Waals surface area contributed by atoms with E-state index in [1.165, 1.54) is 0 Å². The van der Waals surface area contributed by atoms with Crippen molar-refractivity contribution in [3.8, 4) is 11.8 Å². The van der Waals surface area contributed by atoms with Gasteiger partial charge in [-0.2, -0.15) is 0 Å². The van der Waals surface area contributed by atoms with Gasteiger partial charge in [-0.25, -0.2) is 4.98 Å². The molecule has 0 spiro atoms. The van der Waals surface area contributed by atoms with E-state index >= 15 is 0 Å². The number of anilines is 1. The highest BCUT2D eigenvalue weighted by atomic mass is 16.2. The number of carbonyl (C=O) groups is 1. The van der Waals surface area contributed by atoms with Crippen LogP contribution in [0.3, 0.4) is 0 Å². The molecule has 4 heteroatoms. The van der Waals surface area contributed by atoms with Crippen LogP contribution in [0.4, 0.5) is 5.82 Å². The van der Waals surface area contributed by atoms with E-state index in [0.29, 0.717) is 16.9 Å². The van der Waals surface area contributed by atoms with E-state index in [2.05, 4.69) is 22.1 Å². The molecule has 0 saturated heterocycles. The largest absolute Gasteiger partial charge is 0.384 e. The van der Waals surface area contributed by atoms with Gasteiger partial charge < -0.3 is 10.4 Å². The minimum atomic E-state index is -0.207. The fourth-order valence-electron chi connectivity index (χ4n) is 2.01. The van der Waals surface area contributed by atoms with Gasteiger partial charge in [0.15, 0.2) is 0 Å². The molecule has 0 fully saturated rings. The van der Waals surface area contributed by atoms with Crippen LogP contribution in [0.15, 0.2) is 36.5 Å². The molecule has 0 unspecified atom stereocenters. The predicted octanol–water partition coefficient (Wildman–Crippen LogP) is 2.29. The van der Waals surface area contributed by atoms with Crippen molar-refractivity contribution in [1.29, 1.82) is 0 Å². The maximum Gasteiger partial charge on any atom is 0.256 e. The van der Waals surface area contributed by atoms with Crippen molar-refractivity contribution in [2.45, 2.75) is 13.8 Å². The summed E-state index contributed by atoms with van der Waals surface area (Å²) in [6.45, 7) is 3.70. The van der Waals surface area contributed by atoms with E-state index in [-0.39, 0.29) is 12.5 Å². The summed E-state index contributed by atoms with van der Waals surface area (Å²) in [6, 6.07) is 9.06. The number of hydrogen-bond acceptors (Lipinski definition) is 3. The highest BCUT2D eigenvalue weighted by Gasteiger charge is 2.08. The smallest absolute Gasteiger partial charge is 0.256 e. The molecule has 0 aliphatic heterocycles. The van der Waals surface area contributed by atoms with Gasteiger partial charge in [0, 0.05) is 17.3 Å². The number of aromatic nitrogens is 1. The first-order valence-electron chi connectivity index (χ1n) is 6.54. The van der Waals surface area contributed by atoms with Crippen molar-refractivity contribution in [3.05, 3.63) is 58.8 Å². The zero-order valence-electron chi connectivity index (χ0n) is 12.0. The fraction of sp³-hybridized carbons (Fsp3) is 0.176. The van der Waals surface area contributed by atoms with Crippen LogP contribution < -0.4 is 5.32 Å². The lowest BCUT2D eigenvalue weighted by Crippen LogP contribution is -2.13. The molecule has 4 nitrogen and oxygen atoms in total. The standard InChI is InChI=1S/C17H16N2O2/c1-12-8-13(2)10-15(9-12)17(21)19-16-11-14(4-3-7-20)5-6-18-16/h5-6,8-11,20H,7H2,1-2H3,(H,18,19,21). The number of pyridine rings is 1. The third kappa shape index (κ3) is 4.16.